The second-order valence-electron chi connectivity index (χ2n) is 3.26. The molecule has 0 aromatic rings. The van der Waals surface area contributed by atoms with E-state index in [0.717, 1.165) is 6.08 Å². The van der Waals surface area contributed by atoms with Gasteiger partial charge in [-0.15, -0.1) is 0 Å². The van der Waals surface area contributed by atoms with Crippen LogP contribution in [-0.4, -0.2) is 55.0 Å². The number of carbonyl (C=O) groups is 1. The van der Waals surface area contributed by atoms with Gasteiger partial charge in [0, 0.05) is 6.08 Å². The van der Waals surface area contributed by atoms with Crippen LogP contribution in [-0.2, 0) is 9.53 Å². The van der Waals surface area contributed by atoms with E-state index in [1.165, 1.54) is 19.6 Å². The molecule has 0 heterocycles. The second-order valence-corrected chi connectivity index (χ2v) is 3.26. The third-order valence-electron chi connectivity index (χ3n) is 2.10. The Kier molecular flexibility index (Phi) is 14.2. The largest absolute Gasteiger partial charge is 0.460 e. The summed E-state index contributed by atoms with van der Waals surface area (Å²) < 4.78 is 15.8. The van der Waals surface area contributed by atoms with Crippen molar-refractivity contribution in [3.63, 3.8) is 0 Å². The molecule has 0 aromatic heterocycles. The minimum absolute atomic E-state index is 0.318. The Morgan fingerprint density at radius 3 is 2.12 bits per heavy atom. The number of hydrogen-bond acceptors (Lipinski definition) is 4. The molecule has 0 aliphatic rings. The molecular weight excluding hydrogens is 225 g/mol. The maximum Gasteiger partial charge on any atom is 0.330 e. The average Bonchev–Trinajstić information content (AvgIpc) is 2.38. The first-order chi connectivity index (χ1) is 8.05. The van der Waals surface area contributed by atoms with Crippen molar-refractivity contribution in [2.24, 2.45) is 0 Å². The number of nitrogens with zero attached hydrogens (tertiary/aromatic N) is 1. The zero-order valence-electron chi connectivity index (χ0n) is 11.0. The highest BCUT2D eigenvalue weighted by molar-refractivity contribution is 5.81. The first-order valence-electron chi connectivity index (χ1n) is 5.81. The summed E-state index contributed by atoms with van der Waals surface area (Å²) in [5.74, 6) is -0.660. The molecule has 0 aliphatic heterocycles. The standard InChI is InChI=1S/C6H9FO3.C6H15N/c1-2-6(9)10-4-5(8)3-7;1-4-7(5-2)6-3/h2,5,8H,1,3-4H2;4-6H2,1-3H3. The van der Waals surface area contributed by atoms with Crippen LogP contribution in [0.5, 0.6) is 0 Å². The molecule has 0 aliphatic carbocycles. The maximum atomic E-state index is 11.5. The third kappa shape index (κ3) is 13.0. The normalized spacial score (nSPS) is 11.4. The molecule has 4 nitrogen and oxygen atoms in total. The Morgan fingerprint density at radius 2 is 1.88 bits per heavy atom. The van der Waals surface area contributed by atoms with Crippen LogP contribution in [0.1, 0.15) is 20.8 Å². The van der Waals surface area contributed by atoms with E-state index in [1.54, 1.807) is 0 Å². The fourth-order valence-electron chi connectivity index (χ4n) is 0.953. The summed E-state index contributed by atoms with van der Waals surface area (Å²) in [6.07, 6.45) is -0.269. The van der Waals surface area contributed by atoms with Gasteiger partial charge >= 0.3 is 5.97 Å². The van der Waals surface area contributed by atoms with E-state index in [9.17, 15) is 9.18 Å². The molecule has 0 radical (unpaired) electrons. The number of hydrogen-bond donors (Lipinski definition) is 1. The van der Waals surface area contributed by atoms with Gasteiger partial charge in [-0.25, -0.2) is 9.18 Å². The van der Waals surface area contributed by atoms with E-state index in [1.807, 2.05) is 0 Å². The first-order valence-corrected chi connectivity index (χ1v) is 5.81. The predicted octanol–water partition coefficient (Wildman–Crippen LogP) is 1.39. The molecule has 1 atom stereocenters. The van der Waals surface area contributed by atoms with E-state index in [2.05, 4.69) is 37.0 Å². The quantitative estimate of drug-likeness (QED) is 0.547. The van der Waals surface area contributed by atoms with Crippen molar-refractivity contribution >= 4 is 5.97 Å². The number of aliphatic hydroxyl groups is 1. The monoisotopic (exact) mass is 249 g/mol. The second kappa shape index (κ2) is 13.1. The molecule has 0 fully saturated rings. The summed E-state index contributed by atoms with van der Waals surface area (Å²) in [6.45, 7) is 12.0. The summed E-state index contributed by atoms with van der Waals surface area (Å²) in [4.78, 5) is 12.6. The van der Waals surface area contributed by atoms with Crippen LogP contribution in [0.15, 0.2) is 12.7 Å². The highest BCUT2D eigenvalue weighted by Crippen LogP contribution is 1.87. The number of esters is 1. The lowest BCUT2D eigenvalue weighted by Gasteiger charge is -2.13. The van der Waals surface area contributed by atoms with Crippen molar-refractivity contribution in [1.82, 2.24) is 4.90 Å². The number of carbonyl (C=O) groups excluding carboxylic acids is 1. The van der Waals surface area contributed by atoms with Crippen molar-refractivity contribution in [2.75, 3.05) is 32.9 Å². The van der Waals surface area contributed by atoms with Crippen LogP contribution < -0.4 is 0 Å². The molecule has 0 aromatic carbocycles. The molecule has 0 saturated heterocycles. The lowest BCUT2D eigenvalue weighted by Crippen LogP contribution is -2.21. The van der Waals surface area contributed by atoms with Crippen molar-refractivity contribution in [2.45, 2.75) is 26.9 Å². The van der Waals surface area contributed by atoms with Crippen LogP contribution in [0, 0.1) is 0 Å². The Morgan fingerprint density at radius 1 is 1.41 bits per heavy atom. The van der Waals surface area contributed by atoms with Crippen LogP contribution in [0.2, 0.25) is 0 Å². The molecule has 0 amide bonds. The Hall–Kier alpha value is -0.940. The van der Waals surface area contributed by atoms with Crippen molar-refractivity contribution in [3.8, 4) is 0 Å². The lowest BCUT2D eigenvalue weighted by molar-refractivity contribution is -0.140. The first kappa shape index (κ1) is 18.4. The molecule has 1 unspecified atom stereocenters. The van der Waals surface area contributed by atoms with E-state index >= 15 is 0 Å². The number of halogens is 1. The zero-order chi connectivity index (χ0) is 13.7. The van der Waals surface area contributed by atoms with Crippen LogP contribution in [0.4, 0.5) is 4.39 Å². The number of aliphatic hydroxyl groups excluding tert-OH is 1. The molecule has 0 bridgehead atoms. The van der Waals surface area contributed by atoms with Gasteiger partial charge in [-0.3, -0.25) is 0 Å². The van der Waals surface area contributed by atoms with Gasteiger partial charge in [-0.1, -0.05) is 27.4 Å². The molecule has 1 N–H and O–H groups in total. The van der Waals surface area contributed by atoms with Crippen molar-refractivity contribution < 1.29 is 19.0 Å². The van der Waals surface area contributed by atoms with E-state index in [4.69, 9.17) is 5.11 Å². The van der Waals surface area contributed by atoms with Gasteiger partial charge in [0.15, 0.2) is 0 Å². The molecule has 5 heteroatoms. The topological polar surface area (TPSA) is 49.8 Å². The predicted molar refractivity (Wildman–Crippen MR) is 66.6 cm³/mol. The lowest BCUT2D eigenvalue weighted by atomic mass is 10.4. The molecule has 0 saturated carbocycles. The van der Waals surface area contributed by atoms with Gasteiger partial charge < -0.3 is 14.7 Å². The van der Waals surface area contributed by atoms with Gasteiger partial charge in [0.2, 0.25) is 0 Å². The maximum absolute atomic E-state index is 11.5. The van der Waals surface area contributed by atoms with Gasteiger partial charge in [-0.2, -0.15) is 0 Å². The van der Waals surface area contributed by atoms with Gasteiger partial charge in [-0.05, 0) is 19.6 Å². The fourth-order valence-corrected chi connectivity index (χ4v) is 0.953. The zero-order valence-corrected chi connectivity index (χ0v) is 11.0. The minimum Gasteiger partial charge on any atom is -0.460 e. The summed E-state index contributed by atoms with van der Waals surface area (Å²) >= 11 is 0. The van der Waals surface area contributed by atoms with Crippen LogP contribution in [0.3, 0.4) is 0 Å². The van der Waals surface area contributed by atoms with Crippen molar-refractivity contribution in [3.05, 3.63) is 12.7 Å². The molecule has 17 heavy (non-hydrogen) atoms. The Balaban J connectivity index is 0. The highest BCUT2D eigenvalue weighted by Gasteiger charge is 2.04. The van der Waals surface area contributed by atoms with E-state index in [-0.39, 0.29) is 6.61 Å². The SMILES string of the molecule is C=CC(=O)OCC(O)CF.CCN(CC)CC. The van der Waals surface area contributed by atoms with E-state index in [0.29, 0.717) is 0 Å². The summed E-state index contributed by atoms with van der Waals surface area (Å²) in [7, 11) is 0. The average molecular weight is 249 g/mol. The van der Waals surface area contributed by atoms with Crippen LogP contribution in [0.25, 0.3) is 0 Å². The summed E-state index contributed by atoms with van der Waals surface area (Å²) in [5.41, 5.74) is 0. The minimum atomic E-state index is -1.22. The smallest absolute Gasteiger partial charge is 0.330 e. The van der Waals surface area contributed by atoms with Crippen molar-refractivity contribution in [1.29, 1.82) is 0 Å². The number of ether oxygens (including phenoxy) is 1. The highest BCUT2D eigenvalue weighted by atomic mass is 19.1. The van der Waals surface area contributed by atoms with Gasteiger partial charge in [0.1, 0.15) is 19.4 Å². The summed E-state index contributed by atoms with van der Waals surface area (Å²) in [5, 5.41) is 8.52. The van der Waals surface area contributed by atoms with Gasteiger partial charge in [0.05, 0.1) is 0 Å². The molecule has 0 spiro atoms. The Labute approximate surface area is 103 Å². The third-order valence-corrected chi connectivity index (χ3v) is 2.10. The molecule has 102 valence electrons. The van der Waals surface area contributed by atoms with Gasteiger partial charge in [0.25, 0.3) is 0 Å². The van der Waals surface area contributed by atoms with E-state index < -0.39 is 18.7 Å². The summed E-state index contributed by atoms with van der Waals surface area (Å²) in [6, 6.07) is 0. The van der Waals surface area contributed by atoms with Crippen LogP contribution >= 0.6 is 0 Å². The fraction of sp³-hybridized carbons (Fsp3) is 0.750. The number of rotatable bonds is 7. The molecular formula is C12H24FNO3. The number of alkyl halides is 1. The molecule has 0 rings (SSSR count). The Bertz CT molecular complexity index is 191.